The van der Waals surface area contributed by atoms with Gasteiger partial charge in [-0.25, -0.2) is 9.79 Å². The second kappa shape index (κ2) is 4.76. The monoisotopic (exact) mass is 257 g/mol. The molecule has 0 fully saturated rings. The van der Waals surface area contributed by atoms with Gasteiger partial charge in [-0.3, -0.25) is 10.1 Å². The average molecular weight is 257 g/mol. The molecule has 0 saturated carbocycles. The first kappa shape index (κ1) is 13.1. The van der Waals surface area contributed by atoms with Crippen LogP contribution in [0.15, 0.2) is 22.1 Å². The lowest BCUT2D eigenvalue weighted by Crippen LogP contribution is -2.42. The molecule has 0 saturated heterocycles. The van der Waals surface area contributed by atoms with Crippen molar-refractivity contribution in [3.05, 3.63) is 28.8 Å². The second-order valence-electron chi connectivity index (χ2n) is 4.64. The van der Waals surface area contributed by atoms with Crippen molar-refractivity contribution >= 4 is 29.0 Å². The molecule has 5 nitrogen and oxygen atoms in total. The molecule has 1 aromatic carbocycles. The Bertz CT molecular complexity index is 642. The van der Waals surface area contributed by atoms with E-state index in [0.717, 1.165) is 16.8 Å². The van der Waals surface area contributed by atoms with Gasteiger partial charge >= 0.3 is 6.03 Å². The molecule has 0 unspecified atom stereocenters. The van der Waals surface area contributed by atoms with Crippen LogP contribution in [0, 0.1) is 20.8 Å². The maximum Gasteiger partial charge on any atom is 0.348 e. The van der Waals surface area contributed by atoms with Gasteiger partial charge in [0.1, 0.15) is 0 Å². The molecule has 0 radical (unpaired) electrons. The van der Waals surface area contributed by atoms with Gasteiger partial charge in [0.25, 0.3) is 5.91 Å². The second-order valence-corrected chi connectivity index (χ2v) is 4.64. The normalized spacial score (nSPS) is 17.5. The first-order valence-electron chi connectivity index (χ1n) is 5.96. The number of rotatable bonds is 1. The molecular weight excluding hydrogens is 242 g/mol. The lowest BCUT2D eigenvalue weighted by Gasteiger charge is -2.12. The highest BCUT2D eigenvalue weighted by molar-refractivity contribution is 6.69. The summed E-state index contributed by atoms with van der Waals surface area (Å²) in [6.45, 7) is 7.55. The number of urea groups is 1. The van der Waals surface area contributed by atoms with Gasteiger partial charge in [0.05, 0.1) is 11.4 Å². The molecule has 1 N–H and O–H groups in total. The molecule has 1 aliphatic rings. The zero-order chi connectivity index (χ0) is 14.2. The zero-order valence-corrected chi connectivity index (χ0v) is 11.4. The van der Waals surface area contributed by atoms with Crippen molar-refractivity contribution in [1.82, 2.24) is 5.32 Å². The molecule has 1 heterocycles. The van der Waals surface area contributed by atoms with Crippen LogP contribution in [0.5, 0.6) is 0 Å². The van der Waals surface area contributed by atoms with Crippen molar-refractivity contribution in [2.24, 2.45) is 9.98 Å². The van der Waals surface area contributed by atoms with Crippen molar-refractivity contribution in [3.63, 3.8) is 0 Å². The summed E-state index contributed by atoms with van der Waals surface area (Å²) in [6.07, 6.45) is 0. The van der Waals surface area contributed by atoms with E-state index in [2.05, 4.69) is 15.3 Å². The number of hydrogen-bond donors (Lipinski definition) is 1. The Morgan fingerprint density at radius 2 is 1.63 bits per heavy atom. The minimum Gasteiger partial charge on any atom is -0.271 e. The van der Waals surface area contributed by atoms with E-state index < -0.39 is 11.9 Å². The van der Waals surface area contributed by atoms with Gasteiger partial charge in [0.15, 0.2) is 5.71 Å². The predicted molar refractivity (Wildman–Crippen MR) is 74.4 cm³/mol. The first-order valence-corrected chi connectivity index (χ1v) is 5.96. The van der Waals surface area contributed by atoms with Crippen LogP contribution in [-0.4, -0.2) is 23.4 Å². The van der Waals surface area contributed by atoms with E-state index in [4.69, 9.17) is 0 Å². The Morgan fingerprint density at radius 1 is 1.00 bits per heavy atom. The van der Waals surface area contributed by atoms with E-state index in [-0.39, 0.29) is 5.71 Å². The molecule has 5 heteroatoms. The highest BCUT2D eigenvalue weighted by atomic mass is 16.2. The van der Waals surface area contributed by atoms with Crippen molar-refractivity contribution in [3.8, 4) is 0 Å². The fourth-order valence-corrected chi connectivity index (χ4v) is 1.87. The molecule has 1 aliphatic heterocycles. The average Bonchev–Trinajstić information content (AvgIpc) is 2.29. The van der Waals surface area contributed by atoms with E-state index in [1.807, 2.05) is 32.9 Å². The number of aryl methyl sites for hydroxylation is 3. The van der Waals surface area contributed by atoms with Gasteiger partial charge < -0.3 is 0 Å². The van der Waals surface area contributed by atoms with Crippen LogP contribution < -0.4 is 5.32 Å². The largest absolute Gasteiger partial charge is 0.348 e. The summed E-state index contributed by atoms with van der Waals surface area (Å²) >= 11 is 0. The van der Waals surface area contributed by atoms with Crippen LogP contribution in [0.25, 0.3) is 0 Å². The summed E-state index contributed by atoms with van der Waals surface area (Å²) in [5, 5.41) is 2.13. The molecule has 0 spiro atoms. The molecule has 19 heavy (non-hydrogen) atoms. The summed E-state index contributed by atoms with van der Waals surface area (Å²) in [5.41, 5.74) is 4.50. The molecule has 0 bridgehead atoms. The van der Waals surface area contributed by atoms with E-state index in [1.54, 1.807) is 6.92 Å². The van der Waals surface area contributed by atoms with Gasteiger partial charge in [-0.15, -0.1) is 0 Å². The van der Waals surface area contributed by atoms with Crippen LogP contribution in [-0.2, 0) is 4.79 Å². The van der Waals surface area contributed by atoms with Gasteiger partial charge in [0.2, 0.25) is 0 Å². The van der Waals surface area contributed by atoms with Crippen molar-refractivity contribution in [2.75, 3.05) is 0 Å². The lowest BCUT2D eigenvalue weighted by atomic mass is 10.0. The topological polar surface area (TPSA) is 70.9 Å². The summed E-state index contributed by atoms with van der Waals surface area (Å²) in [7, 11) is 0. The first-order chi connectivity index (χ1) is 8.88. The quantitative estimate of drug-likeness (QED) is 0.839. The number of carbonyl (C=O) groups excluding carboxylic acids is 2. The standard InChI is InChI=1S/C14H15N3O2/c1-7-5-9(3)11(6-8(7)2)16-12-10(4)15-14(19)17-13(12)18/h5-6H,1-4H3,(H,17,18,19). The summed E-state index contributed by atoms with van der Waals surface area (Å²) in [4.78, 5) is 30.8. The highest BCUT2D eigenvalue weighted by Gasteiger charge is 2.23. The Morgan fingerprint density at radius 3 is 2.26 bits per heavy atom. The Labute approximate surface area is 111 Å². The number of hydrogen-bond acceptors (Lipinski definition) is 3. The number of imide groups is 1. The molecule has 0 aromatic heterocycles. The number of nitrogens with one attached hydrogen (secondary N) is 1. The van der Waals surface area contributed by atoms with Crippen LogP contribution in [0.2, 0.25) is 0 Å². The van der Waals surface area contributed by atoms with Gasteiger partial charge in [-0.2, -0.15) is 4.99 Å². The molecule has 3 amide bonds. The number of carbonyl (C=O) groups is 2. The number of aliphatic imine (C=N–C) groups is 2. The van der Waals surface area contributed by atoms with E-state index in [1.165, 1.54) is 5.56 Å². The van der Waals surface area contributed by atoms with E-state index in [0.29, 0.717) is 5.71 Å². The third kappa shape index (κ3) is 2.59. The molecular formula is C14H15N3O2. The van der Waals surface area contributed by atoms with Gasteiger partial charge in [-0.05, 0) is 50.5 Å². The van der Waals surface area contributed by atoms with E-state index >= 15 is 0 Å². The maximum atomic E-state index is 11.7. The third-order valence-corrected chi connectivity index (χ3v) is 3.09. The predicted octanol–water partition coefficient (Wildman–Crippen LogP) is 2.40. The zero-order valence-electron chi connectivity index (χ0n) is 11.4. The van der Waals surface area contributed by atoms with Crippen molar-refractivity contribution < 1.29 is 9.59 Å². The van der Waals surface area contributed by atoms with Gasteiger partial charge in [0, 0.05) is 0 Å². The molecule has 1 aromatic rings. The minimum absolute atomic E-state index is 0.186. The maximum absolute atomic E-state index is 11.7. The highest BCUT2D eigenvalue weighted by Crippen LogP contribution is 2.23. The SMILES string of the molecule is CC1=NC(=O)NC(=O)C1=Nc1cc(C)c(C)cc1C. The third-order valence-electron chi connectivity index (χ3n) is 3.09. The molecule has 2 rings (SSSR count). The van der Waals surface area contributed by atoms with Crippen LogP contribution >= 0.6 is 0 Å². The summed E-state index contributed by atoms with van der Waals surface area (Å²) in [5.74, 6) is -0.505. The lowest BCUT2D eigenvalue weighted by molar-refractivity contribution is -0.113. The van der Waals surface area contributed by atoms with Crippen LogP contribution in [0.1, 0.15) is 23.6 Å². The Kier molecular flexibility index (Phi) is 3.29. The van der Waals surface area contributed by atoms with Crippen molar-refractivity contribution in [2.45, 2.75) is 27.7 Å². The minimum atomic E-state index is -0.641. The molecule has 0 aliphatic carbocycles. The summed E-state index contributed by atoms with van der Waals surface area (Å²) < 4.78 is 0. The summed E-state index contributed by atoms with van der Waals surface area (Å²) in [6, 6.07) is 3.31. The Hall–Kier alpha value is -2.30. The van der Waals surface area contributed by atoms with Crippen LogP contribution in [0.4, 0.5) is 10.5 Å². The molecule has 0 atom stereocenters. The Balaban J connectivity index is 2.52. The van der Waals surface area contributed by atoms with Crippen LogP contribution in [0.3, 0.4) is 0 Å². The van der Waals surface area contributed by atoms with E-state index in [9.17, 15) is 9.59 Å². The smallest absolute Gasteiger partial charge is 0.271 e. The fraction of sp³-hybridized carbons (Fsp3) is 0.286. The van der Waals surface area contributed by atoms with Gasteiger partial charge in [-0.1, -0.05) is 6.07 Å². The van der Waals surface area contributed by atoms with Crippen molar-refractivity contribution in [1.29, 1.82) is 0 Å². The number of benzene rings is 1. The molecule has 98 valence electrons. The number of nitrogens with zero attached hydrogens (tertiary/aromatic N) is 2. The fourth-order valence-electron chi connectivity index (χ4n) is 1.87. The number of amides is 3.